The summed E-state index contributed by atoms with van der Waals surface area (Å²) >= 11 is 0. The molecule has 1 saturated heterocycles. The maximum atomic E-state index is 4.41. The quantitative estimate of drug-likeness (QED) is 0.803. The first kappa shape index (κ1) is 12.3. The molecule has 1 aliphatic heterocycles. The summed E-state index contributed by atoms with van der Waals surface area (Å²) in [7, 11) is 0. The lowest BCUT2D eigenvalue weighted by molar-refractivity contribution is 0.285. The predicted octanol–water partition coefficient (Wildman–Crippen LogP) is 3.05. The van der Waals surface area contributed by atoms with Crippen LogP contribution in [0.5, 0.6) is 0 Å². The summed E-state index contributed by atoms with van der Waals surface area (Å²) in [6.07, 6.45) is 7.68. The second-order valence-corrected chi connectivity index (χ2v) is 5.27. The lowest BCUT2D eigenvalue weighted by Crippen LogP contribution is -2.36. The van der Waals surface area contributed by atoms with E-state index in [0.717, 1.165) is 36.4 Å². The normalized spacial score (nSPS) is 19.4. The predicted molar refractivity (Wildman–Crippen MR) is 71.2 cm³/mol. The van der Waals surface area contributed by atoms with E-state index < -0.39 is 0 Å². The molecule has 17 heavy (non-hydrogen) atoms. The van der Waals surface area contributed by atoms with Gasteiger partial charge in [-0.15, -0.1) is 0 Å². The Balaban J connectivity index is 1.93. The monoisotopic (exact) mass is 233 g/mol. The number of rotatable bonds is 3. The fraction of sp³-hybridized carbons (Fsp3) is 0.714. The van der Waals surface area contributed by atoms with Crippen LogP contribution in [0.3, 0.4) is 0 Å². The Morgan fingerprint density at radius 2 is 1.88 bits per heavy atom. The summed E-state index contributed by atoms with van der Waals surface area (Å²) in [5, 5.41) is 0. The van der Waals surface area contributed by atoms with Gasteiger partial charge in [-0.3, -0.25) is 0 Å². The van der Waals surface area contributed by atoms with Crippen molar-refractivity contribution < 1.29 is 0 Å². The number of hydrogen-bond donors (Lipinski definition) is 0. The first-order valence-electron chi connectivity index (χ1n) is 6.74. The van der Waals surface area contributed by atoms with E-state index in [9.17, 15) is 0 Å². The molecule has 0 bridgehead atoms. The maximum absolute atomic E-state index is 4.41. The SMILES string of the molecule is CCC(C)C1CCN(c2ncc(C)cn2)CC1. The van der Waals surface area contributed by atoms with E-state index >= 15 is 0 Å². The van der Waals surface area contributed by atoms with Crippen molar-refractivity contribution in [3.05, 3.63) is 18.0 Å². The fourth-order valence-electron chi connectivity index (χ4n) is 2.55. The molecule has 0 N–H and O–H groups in total. The smallest absolute Gasteiger partial charge is 0.225 e. The van der Waals surface area contributed by atoms with Crippen molar-refractivity contribution in [1.82, 2.24) is 9.97 Å². The van der Waals surface area contributed by atoms with Crippen LogP contribution in [-0.4, -0.2) is 23.1 Å². The van der Waals surface area contributed by atoms with E-state index in [1.165, 1.54) is 19.3 Å². The van der Waals surface area contributed by atoms with Gasteiger partial charge in [-0.05, 0) is 37.2 Å². The molecular formula is C14H23N3. The molecule has 3 heteroatoms. The lowest BCUT2D eigenvalue weighted by atomic mass is 9.84. The molecule has 0 aliphatic carbocycles. The van der Waals surface area contributed by atoms with E-state index in [0.29, 0.717) is 0 Å². The van der Waals surface area contributed by atoms with Gasteiger partial charge in [0.15, 0.2) is 0 Å². The van der Waals surface area contributed by atoms with Crippen molar-refractivity contribution in [3.63, 3.8) is 0 Å². The van der Waals surface area contributed by atoms with E-state index in [2.05, 4.69) is 28.7 Å². The van der Waals surface area contributed by atoms with Crippen LogP contribution in [0.25, 0.3) is 0 Å². The van der Waals surface area contributed by atoms with Crippen molar-refractivity contribution >= 4 is 5.95 Å². The molecule has 1 unspecified atom stereocenters. The lowest BCUT2D eigenvalue weighted by Gasteiger charge is -2.34. The number of aryl methyl sites for hydroxylation is 1. The van der Waals surface area contributed by atoms with Crippen LogP contribution in [0.1, 0.15) is 38.7 Å². The molecule has 0 radical (unpaired) electrons. The largest absolute Gasteiger partial charge is 0.341 e. The van der Waals surface area contributed by atoms with Crippen LogP contribution >= 0.6 is 0 Å². The molecule has 3 nitrogen and oxygen atoms in total. The van der Waals surface area contributed by atoms with Gasteiger partial charge in [-0.25, -0.2) is 9.97 Å². The zero-order valence-electron chi connectivity index (χ0n) is 11.2. The van der Waals surface area contributed by atoms with Crippen molar-refractivity contribution in [2.24, 2.45) is 11.8 Å². The highest BCUT2D eigenvalue weighted by molar-refractivity contribution is 5.30. The van der Waals surface area contributed by atoms with Gasteiger partial charge in [0, 0.05) is 25.5 Å². The second-order valence-electron chi connectivity index (χ2n) is 5.27. The fourth-order valence-corrected chi connectivity index (χ4v) is 2.55. The summed E-state index contributed by atoms with van der Waals surface area (Å²) < 4.78 is 0. The third kappa shape index (κ3) is 2.96. The highest BCUT2D eigenvalue weighted by atomic mass is 15.2. The van der Waals surface area contributed by atoms with E-state index in [4.69, 9.17) is 0 Å². The molecule has 2 heterocycles. The summed E-state index contributed by atoms with van der Waals surface area (Å²) in [4.78, 5) is 11.1. The molecule has 1 fully saturated rings. The van der Waals surface area contributed by atoms with Crippen LogP contribution in [0.4, 0.5) is 5.95 Å². The molecule has 1 aromatic rings. The third-order valence-corrected chi connectivity index (χ3v) is 4.04. The van der Waals surface area contributed by atoms with Gasteiger partial charge >= 0.3 is 0 Å². The Morgan fingerprint density at radius 1 is 1.29 bits per heavy atom. The Labute approximate surface area is 104 Å². The van der Waals surface area contributed by atoms with Crippen molar-refractivity contribution in [1.29, 1.82) is 0 Å². The number of nitrogens with zero attached hydrogens (tertiary/aromatic N) is 3. The van der Waals surface area contributed by atoms with E-state index in [-0.39, 0.29) is 0 Å². The van der Waals surface area contributed by atoms with E-state index in [1.807, 2.05) is 19.3 Å². The van der Waals surface area contributed by atoms with Crippen LogP contribution in [0.2, 0.25) is 0 Å². The standard InChI is InChI=1S/C14H23N3/c1-4-12(3)13-5-7-17(8-6-13)14-15-9-11(2)10-16-14/h9-10,12-13H,4-8H2,1-3H3. The van der Waals surface area contributed by atoms with Crippen molar-refractivity contribution in [3.8, 4) is 0 Å². The summed E-state index contributed by atoms with van der Waals surface area (Å²) in [6.45, 7) is 8.91. The molecule has 1 aromatic heterocycles. The number of hydrogen-bond acceptors (Lipinski definition) is 3. The number of anilines is 1. The summed E-state index contributed by atoms with van der Waals surface area (Å²) in [5.41, 5.74) is 1.13. The molecule has 0 saturated carbocycles. The van der Waals surface area contributed by atoms with Crippen molar-refractivity contribution in [2.45, 2.75) is 40.0 Å². The van der Waals surface area contributed by atoms with Crippen molar-refractivity contribution in [2.75, 3.05) is 18.0 Å². The van der Waals surface area contributed by atoms with Crippen LogP contribution in [0, 0.1) is 18.8 Å². The van der Waals surface area contributed by atoms with Gasteiger partial charge in [-0.2, -0.15) is 0 Å². The molecule has 0 amide bonds. The average molecular weight is 233 g/mol. The van der Waals surface area contributed by atoms with Crippen LogP contribution < -0.4 is 4.90 Å². The Hall–Kier alpha value is -1.12. The molecule has 94 valence electrons. The number of aromatic nitrogens is 2. The average Bonchev–Trinajstić information content (AvgIpc) is 2.39. The van der Waals surface area contributed by atoms with Gasteiger partial charge in [0.05, 0.1) is 0 Å². The molecule has 1 atom stereocenters. The minimum absolute atomic E-state index is 0.857. The Kier molecular flexibility index (Phi) is 3.97. The third-order valence-electron chi connectivity index (χ3n) is 4.04. The van der Waals surface area contributed by atoms with E-state index in [1.54, 1.807) is 0 Å². The minimum Gasteiger partial charge on any atom is -0.341 e. The van der Waals surface area contributed by atoms with Gasteiger partial charge in [0.1, 0.15) is 0 Å². The number of piperidine rings is 1. The van der Waals surface area contributed by atoms with Gasteiger partial charge in [0.2, 0.25) is 5.95 Å². The summed E-state index contributed by atoms with van der Waals surface area (Å²) in [6, 6.07) is 0. The maximum Gasteiger partial charge on any atom is 0.225 e. The Bertz CT molecular complexity index is 339. The molecule has 1 aliphatic rings. The molecule has 2 rings (SSSR count). The molecular weight excluding hydrogens is 210 g/mol. The first-order valence-corrected chi connectivity index (χ1v) is 6.74. The summed E-state index contributed by atoms with van der Waals surface area (Å²) in [5.74, 6) is 2.65. The molecule has 0 spiro atoms. The second kappa shape index (κ2) is 5.48. The zero-order chi connectivity index (χ0) is 12.3. The van der Waals surface area contributed by atoms with Gasteiger partial charge in [0.25, 0.3) is 0 Å². The Morgan fingerprint density at radius 3 is 2.41 bits per heavy atom. The van der Waals surface area contributed by atoms with Crippen LogP contribution in [0.15, 0.2) is 12.4 Å². The minimum atomic E-state index is 0.857. The highest BCUT2D eigenvalue weighted by Gasteiger charge is 2.23. The first-order chi connectivity index (χ1) is 8.20. The van der Waals surface area contributed by atoms with Crippen LogP contribution in [-0.2, 0) is 0 Å². The zero-order valence-corrected chi connectivity index (χ0v) is 11.2. The highest BCUT2D eigenvalue weighted by Crippen LogP contribution is 2.28. The van der Waals surface area contributed by atoms with Gasteiger partial charge in [-0.1, -0.05) is 20.3 Å². The topological polar surface area (TPSA) is 29.0 Å². The van der Waals surface area contributed by atoms with Gasteiger partial charge < -0.3 is 4.90 Å². The molecule has 0 aromatic carbocycles.